The van der Waals surface area contributed by atoms with E-state index in [9.17, 15) is 0 Å². The van der Waals surface area contributed by atoms with Crippen molar-refractivity contribution < 1.29 is 9.84 Å². The average Bonchev–Trinajstić information content (AvgIpc) is 2.52. The van der Waals surface area contributed by atoms with Crippen molar-refractivity contribution in [3.05, 3.63) is 30.3 Å². The number of ether oxygens (including phenoxy) is 1. The van der Waals surface area contributed by atoms with Crippen LogP contribution in [0.2, 0.25) is 0 Å². The van der Waals surface area contributed by atoms with Gasteiger partial charge in [0.15, 0.2) is 5.96 Å². The third-order valence-corrected chi connectivity index (χ3v) is 2.84. The van der Waals surface area contributed by atoms with Gasteiger partial charge in [-0.1, -0.05) is 25.1 Å². The Morgan fingerprint density at radius 3 is 2.71 bits per heavy atom. The first-order valence-electron chi connectivity index (χ1n) is 7.57. The van der Waals surface area contributed by atoms with Crippen molar-refractivity contribution in [2.45, 2.75) is 20.3 Å². The number of aliphatic hydroxyl groups excluding tert-OH is 1. The van der Waals surface area contributed by atoms with Crippen molar-refractivity contribution in [2.75, 3.05) is 32.8 Å². The molecule has 1 unspecified atom stereocenters. The molecule has 0 spiro atoms. The summed E-state index contributed by atoms with van der Waals surface area (Å²) in [5.74, 6) is 1.87. The van der Waals surface area contributed by atoms with Crippen molar-refractivity contribution in [2.24, 2.45) is 10.9 Å². The predicted molar refractivity (Wildman–Crippen MR) is 86.8 cm³/mol. The minimum absolute atomic E-state index is 0.161. The summed E-state index contributed by atoms with van der Waals surface area (Å²) in [7, 11) is 0. The maximum Gasteiger partial charge on any atom is 0.191 e. The lowest BCUT2D eigenvalue weighted by molar-refractivity contribution is 0.241. The molecule has 21 heavy (non-hydrogen) atoms. The van der Waals surface area contributed by atoms with Gasteiger partial charge in [0.25, 0.3) is 0 Å². The van der Waals surface area contributed by atoms with Gasteiger partial charge in [-0.25, -0.2) is 0 Å². The second kappa shape index (κ2) is 11.0. The number of rotatable bonds is 9. The first-order chi connectivity index (χ1) is 10.3. The van der Waals surface area contributed by atoms with Crippen LogP contribution in [0.4, 0.5) is 0 Å². The number of nitrogens with zero attached hydrogens (tertiary/aromatic N) is 1. The van der Waals surface area contributed by atoms with Gasteiger partial charge in [-0.2, -0.15) is 0 Å². The third-order valence-electron chi connectivity index (χ3n) is 2.84. The number of hydrogen-bond donors (Lipinski definition) is 3. The van der Waals surface area contributed by atoms with E-state index in [2.05, 4.69) is 15.6 Å². The van der Waals surface area contributed by atoms with Crippen molar-refractivity contribution in [3.63, 3.8) is 0 Å². The van der Waals surface area contributed by atoms with Crippen LogP contribution >= 0.6 is 0 Å². The molecule has 0 radical (unpaired) electrons. The van der Waals surface area contributed by atoms with Crippen LogP contribution in [0.5, 0.6) is 5.75 Å². The number of benzene rings is 1. The molecule has 0 bridgehead atoms. The highest BCUT2D eigenvalue weighted by atomic mass is 16.5. The van der Waals surface area contributed by atoms with Crippen LogP contribution in [0.1, 0.15) is 20.3 Å². The van der Waals surface area contributed by atoms with Crippen molar-refractivity contribution in [1.82, 2.24) is 10.6 Å². The SMILES string of the molecule is CCNC(=NCC(C)CO)NCCCOc1ccccc1. The van der Waals surface area contributed by atoms with E-state index >= 15 is 0 Å². The zero-order valence-corrected chi connectivity index (χ0v) is 13.0. The second-order valence-corrected chi connectivity index (χ2v) is 4.95. The Morgan fingerprint density at radius 2 is 2.05 bits per heavy atom. The quantitative estimate of drug-likeness (QED) is 0.368. The number of aliphatic hydroxyl groups is 1. The molecule has 0 fully saturated rings. The largest absolute Gasteiger partial charge is 0.494 e. The van der Waals surface area contributed by atoms with Gasteiger partial charge in [0.2, 0.25) is 0 Å². The molecule has 3 N–H and O–H groups in total. The van der Waals surface area contributed by atoms with E-state index in [0.717, 1.165) is 31.2 Å². The first kappa shape index (κ1) is 17.3. The fraction of sp³-hybridized carbons (Fsp3) is 0.562. The summed E-state index contributed by atoms with van der Waals surface area (Å²) in [6.45, 7) is 7.07. The Balaban J connectivity index is 2.21. The Labute approximate surface area is 127 Å². The molecule has 0 saturated heterocycles. The molecule has 0 aliphatic rings. The first-order valence-corrected chi connectivity index (χ1v) is 7.57. The summed E-state index contributed by atoms with van der Waals surface area (Å²) in [6.07, 6.45) is 0.898. The zero-order chi connectivity index (χ0) is 15.3. The van der Waals surface area contributed by atoms with E-state index in [1.807, 2.05) is 44.2 Å². The third kappa shape index (κ3) is 8.19. The molecule has 0 saturated carbocycles. The Kier molecular flexibility index (Phi) is 9.04. The lowest BCUT2D eigenvalue weighted by Gasteiger charge is -2.12. The molecule has 1 aromatic carbocycles. The molecule has 1 aromatic rings. The fourth-order valence-corrected chi connectivity index (χ4v) is 1.63. The Hall–Kier alpha value is -1.75. The summed E-state index contributed by atoms with van der Waals surface area (Å²) in [5, 5.41) is 15.5. The van der Waals surface area contributed by atoms with Crippen LogP contribution in [-0.4, -0.2) is 43.9 Å². The maximum absolute atomic E-state index is 9.01. The van der Waals surface area contributed by atoms with Gasteiger partial charge in [-0.3, -0.25) is 4.99 Å². The van der Waals surface area contributed by atoms with Gasteiger partial charge >= 0.3 is 0 Å². The van der Waals surface area contributed by atoms with Crippen LogP contribution in [0.15, 0.2) is 35.3 Å². The Bertz CT molecular complexity index is 396. The van der Waals surface area contributed by atoms with Gasteiger partial charge in [-0.15, -0.1) is 0 Å². The maximum atomic E-state index is 9.01. The number of aliphatic imine (C=N–C) groups is 1. The van der Waals surface area contributed by atoms with Gasteiger partial charge in [0.05, 0.1) is 6.61 Å². The minimum atomic E-state index is 0.161. The summed E-state index contributed by atoms with van der Waals surface area (Å²) < 4.78 is 5.63. The highest BCUT2D eigenvalue weighted by Gasteiger charge is 2.01. The minimum Gasteiger partial charge on any atom is -0.494 e. The van der Waals surface area contributed by atoms with Crippen molar-refractivity contribution in [3.8, 4) is 5.75 Å². The van der Waals surface area contributed by atoms with Gasteiger partial charge < -0.3 is 20.5 Å². The Morgan fingerprint density at radius 1 is 1.29 bits per heavy atom. The van der Waals surface area contributed by atoms with Gasteiger partial charge in [-0.05, 0) is 31.4 Å². The van der Waals surface area contributed by atoms with E-state index in [4.69, 9.17) is 9.84 Å². The van der Waals surface area contributed by atoms with Gasteiger partial charge in [0.1, 0.15) is 5.75 Å². The molecular formula is C16H27N3O2. The topological polar surface area (TPSA) is 65.9 Å². The summed E-state index contributed by atoms with van der Waals surface area (Å²) in [4.78, 5) is 4.43. The molecule has 1 atom stereocenters. The molecule has 1 rings (SSSR count). The number of hydrogen-bond acceptors (Lipinski definition) is 3. The average molecular weight is 293 g/mol. The molecule has 0 heterocycles. The lowest BCUT2D eigenvalue weighted by atomic mass is 10.2. The predicted octanol–water partition coefficient (Wildman–Crippen LogP) is 1.64. The van der Waals surface area contributed by atoms with Crippen LogP contribution in [-0.2, 0) is 0 Å². The summed E-state index contributed by atoms with van der Waals surface area (Å²) in [5.41, 5.74) is 0. The molecule has 118 valence electrons. The van der Waals surface area contributed by atoms with E-state index < -0.39 is 0 Å². The van der Waals surface area contributed by atoms with Gasteiger partial charge in [0, 0.05) is 26.2 Å². The number of nitrogens with one attached hydrogen (secondary N) is 2. The highest BCUT2D eigenvalue weighted by Crippen LogP contribution is 2.07. The standard InChI is InChI=1S/C16H27N3O2/c1-3-17-16(19-12-14(2)13-20)18-10-7-11-21-15-8-5-4-6-9-15/h4-6,8-9,14,20H,3,7,10-13H2,1-2H3,(H2,17,18,19). The molecule has 0 amide bonds. The normalized spacial score (nSPS) is 12.8. The molecule has 5 heteroatoms. The molecular weight excluding hydrogens is 266 g/mol. The molecule has 0 aliphatic carbocycles. The fourth-order valence-electron chi connectivity index (χ4n) is 1.63. The molecule has 0 aromatic heterocycles. The van der Waals surface area contributed by atoms with Crippen LogP contribution in [0.3, 0.4) is 0 Å². The number of para-hydroxylation sites is 1. The monoisotopic (exact) mass is 293 g/mol. The molecule has 0 aliphatic heterocycles. The smallest absolute Gasteiger partial charge is 0.191 e. The van der Waals surface area contributed by atoms with E-state index in [1.165, 1.54) is 0 Å². The van der Waals surface area contributed by atoms with Crippen LogP contribution in [0, 0.1) is 5.92 Å². The van der Waals surface area contributed by atoms with E-state index in [1.54, 1.807) is 0 Å². The van der Waals surface area contributed by atoms with Crippen molar-refractivity contribution in [1.29, 1.82) is 0 Å². The zero-order valence-electron chi connectivity index (χ0n) is 13.0. The van der Waals surface area contributed by atoms with E-state index in [0.29, 0.717) is 13.2 Å². The number of guanidine groups is 1. The second-order valence-electron chi connectivity index (χ2n) is 4.95. The van der Waals surface area contributed by atoms with Crippen LogP contribution < -0.4 is 15.4 Å². The highest BCUT2D eigenvalue weighted by molar-refractivity contribution is 5.79. The summed E-state index contributed by atoms with van der Waals surface area (Å²) >= 11 is 0. The molecule has 5 nitrogen and oxygen atoms in total. The lowest BCUT2D eigenvalue weighted by Crippen LogP contribution is -2.38. The van der Waals surface area contributed by atoms with Crippen molar-refractivity contribution >= 4 is 5.96 Å². The summed E-state index contributed by atoms with van der Waals surface area (Å²) in [6, 6.07) is 9.81. The van der Waals surface area contributed by atoms with Crippen LogP contribution in [0.25, 0.3) is 0 Å². The van der Waals surface area contributed by atoms with E-state index in [-0.39, 0.29) is 12.5 Å².